The summed E-state index contributed by atoms with van der Waals surface area (Å²) in [4.78, 5) is 7.40. The lowest BCUT2D eigenvalue weighted by molar-refractivity contribution is 0.538. The Labute approximate surface area is 200 Å². The van der Waals surface area contributed by atoms with Crippen LogP contribution < -0.4 is 5.32 Å². The van der Waals surface area contributed by atoms with Crippen molar-refractivity contribution in [3.8, 4) is 0 Å². The van der Waals surface area contributed by atoms with Crippen LogP contribution in [0.15, 0.2) is 71.7 Å². The van der Waals surface area contributed by atoms with Gasteiger partial charge < -0.3 is 5.32 Å². The van der Waals surface area contributed by atoms with E-state index in [1.165, 1.54) is 24.8 Å². The van der Waals surface area contributed by atoms with Crippen LogP contribution in [0.3, 0.4) is 0 Å². The van der Waals surface area contributed by atoms with Crippen molar-refractivity contribution < 1.29 is 0 Å². The molecule has 0 aromatic heterocycles. The Hall–Kier alpha value is -1.82. The fourth-order valence-corrected chi connectivity index (χ4v) is 5.74. The van der Waals surface area contributed by atoms with Gasteiger partial charge in [-0.2, -0.15) is 0 Å². The molecule has 162 valence electrons. The lowest BCUT2D eigenvalue weighted by Crippen LogP contribution is -2.36. The predicted molar refractivity (Wildman–Crippen MR) is 139 cm³/mol. The van der Waals surface area contributed by atoms with Crippen LogP contribution in [-0.2, 0) is 0 Å². The van der Waals surface area contributed by atoms with Gasteiger partial charge in [0.1, 0.15) is 0 Å². The summed E-state index contributed by atoms with van der Waals surface area (Å²) in [7, 11) is 0. The summed E-state index contributed by atoms with van der Waals surface area (Å²) in [6.45, 7) is 0.812. The van der Waals surface area contributed by atoms with Crippen LogP contribution in [0, 0.1) is 0 Å². The lowest BCUT2D eigenvalue weighted by atomic mass is 10.1. The Morgan fingerprint density at radius 2 is 1.87 bits per heavy atom. The molecule has 1 aliphatic carbocycles. The van der Waals surface area contributed by atoms with Gasteiger partial charge in [-0.25, -0.2) is 0 Å². The number of halogens is 1. The largest absolute Gasteiger partial charge is 0.332 e. The van der Waals surface area contributed by atoms with Gasteiger partial charge in [0.05, 0.1) is 11.3 Å². The molecule has 0 radical (unpaired) electrons. The van der Waals surface area contributed by atoms with Crippen molar-refractivity contribution in [1.29, 1.82) is 0 Å². The number of rotatable bonds is 3. The van der Waals surface area contributed by atoms with Gasteiger partial charge in [0.2, 0.25) is 0 Å². The molecule has 1 N–H and O–H groups in total. The van der Waals surface area contributed by atoms with Gasteiger partial charge in [-0.3, -0.25) is 9.89 Å². The molecule has 0 saturated carbocycles. The molecular weight excluding hydrogens is 442 g/mol. The number of thiocarbonyl (C=S) groups is 1. The first-order valence-corrected chi connectivity index (χ1v) is 12.6. The highest BCUT2D eigenvalue weighted by atomic mass is 35.5. The smallest absolute Gasteiger partial charge is 0.179 e. The van der Waals surface area contributed by atoms with Gasteiger partial charge in [0, 0.05) is 17.3 Å². The van der Waals surface area contributed by atoms with Crippen molar-refractivity contribution in [2.24, 2.45) is 4.99 Å². The highest BCUT2D eigenvalue weighted by Gasteiger charge is 2.33. The maximum absolute atomic E-state index is 6.16. The molecule has 0 spiro atoms. The van der Waals surface area contributed by atoms with Crippen LogP contribution in [0.1, 0.15) is 49.3 Å². The summed E-state index contributed by atoms with van der Waals surface area (Å²) in [5.41, 5.74) is 2.21. The van der Waals surface area contributed by atoms with E-state index in [0.717, 1.165) is 36.7 Å². The Morgan fingerprint density at radius 3 is 2.71 bits per heavy atom. The molecule has 2 atom stereocenters. The number of anilines is 1. The van der Waals surface area contributed by atoms with Crippen molar-refractivity contribution in [1.82, 2.24) is 4.90 Å². The van der Waals surface area contributed by atoms with Gasteiger partial charge in [-0.1, -0.05) is 78.3 Å². The number of nitrogens with zero attached hydrogens (tertiary/aromatic N) is 2. The summed E-state index contributed by atoms with van der Waals surface area (Å²) >= 11 is 13.8. The summed E-state index contributed by atoms with van der Waals surface area (Å²) in [6.07, 6.45) is 11.6. The van der Waals surface area contributed by atoms with Crippen LogP contribution in [0.4, 0.5) is 5.69 Å². The van der Waals surface area contributed by atoms with E-state index >= 15 is 0 Å². The molecule has 0 amide bonds. The topological polar surface area (TPSA) is 27.6 Å². The minimum absolute atomic E-state index is 0.315. The molecule has 1 heterocycles. The van der Waals surface area contributed by atoms with Gasteiger partial charge in [-0.05, 0) is 68.1 Å². The Bertz CT molecular complexity index is 945. The Morgan fingerprint density at radius 1 is 1.03 bits per heavy atom. The molecule has 2 aromatic rings. The van der Waals surface area contributed by atoms with Gasteiger partial charge in [-0.15, -0.1) is 0 Å². The third-order valence-corrected chi connectivity index (χ3v) is 7.40. The average molecular weight is 470 g/mol. The van der Waals surface area contributed by atoms with E-state index in [1.807, 2.05) is 36.0 Å². The third kappa shape index (κ3) is 6.34. The number of nitrogens with one attached hydrogen (secondary N) is 1. The standard InChI is InChI=1S/C25H28ClN3S2/c26-20-13-10-16-22(17-20)27-24(30)29-18-23(19-11-6-5-7-12-19)31-25(29)28-21-14-8-3-1-2-4-9-15-21/h1,3,5-7,10-13,16-17,21,23H,2,4,8-9,14-15,18H2,(H,27,30). The van der Waals surface area contributed by atoms with Crippen LogP contribution in [0.5, 0.6) is 0 Å². The molecule has 1 saturated heterocycles. The molecule has 0 bridgehead atoms. The first-order chi connectivity index (χ1) is 15.2. The number of allylic oxidation sites excluding steroid dienone is 2. The number of hydrogen-bond donors (Lipinski definition) is 1. The molecular formula is C25H28ClN3S2. The molecule has 6 heteroatoms. The fraction of sp³-hybridized carbons (Fsp3) is 0.360. The lowest BCUT2D eigenvalue weighted by Gasteiger charge is -2.22. The molecule has 4 rings (SSSR count). The number of aliphatic imine (C=N–C) groups is 1. The molecule has 1 aliphatic heterocycles. The van der Waals surface area contributed by atoms with Gasteiger partial charge in [0.25, 0.3) is 0 Å². The van der Waals surface area contributed by atoms with Crippen molar-refractivity contribution in [2.75, 3.05) is 11.9 Å². The quantitative estimate of drug-likeness (QED) is 0.372. The van der Waals surface area contributed by atoms with Crippen LogP contribution in [0.25, 0.3) is 0 Å². The summed E-state index contributed by atoms with van der Waals surface area (Å²) in [6, 6.07) is 18.7. The summed E-state index contributed by atoms with van der Waals surface area (Å²) in [5.74, 6) is 0. The minimum Gasteiger partial charge on any atom is -0.332 e. The van der Waals surface area contributed by atoms with E-state index in [1.54, 1.807) is 0 Å². The Balaban J connectivity index is 1.56. The maximum atomic E-state index is 6.16. The normalized spacial score (nSPS) is 23.3. The summed E-state index contributed by atoms with van der Waals surface area (Å²) < 4.78 is 0. The van der Waals surface area contributed by atoms with Crippen molar-refractivity contribution >= 4 is 51.5 Å². The third-order valence-electron chi connectivity index (χ3n) is 5.60. The molecule has 31 heavy (non-hydrogen) atoms. The zero-order valence-corrected chi connectivity index (χ0v) is 19.9. The van der Waals surface area contributed by atoms with E-state index < -0.39 is 0 Å². The summed E-state index contributed by atoms with van der Waals surface area (Å²) in [5, 5.41) is 6.08. The molecule has 2 aromatic carbocycles. The number of thioether (sulfide) groups is 1. The van der Waals surface area contributed by atoms with E-state index in [2.05, 4.69) is 52.7 Å². The van der Waals surface area contributed by atoms with Crippen molar-refractivity contribution in [3.63, 3.8) is 0 Å². The van der Waals surface area contributed by atoms with E-state index in [0.29, 0.717) is 21.4 Å². The van der Waals surface area contributed by atoms with E-state index in [9.17, 15) is 0 Å². The van der Waals surface area contributed by atoms with Crippen LogP contribution >= 0.6 is 35.6 Å². The number of hydrogen-bond acceptors (Lipinski definition) is 3. The number of amidine groups is 1. The highest BCUT2D eigenvalue weighted by molar-refractivity contribution is 8.14. The van der Waals surface area contributed by atoms with Gasteiger partial charge in [0.15, 0.2) is 10.3 Å². The van der Waals surface area contributed by atoms with Crippen molar-refractivity contribution in [2.45, 2.75) is 49.8 Å². The highest BCUT2D eigenvalue weighted by Crippen LogP contribution is 2.39. The van der Waals surface area contributed by atoms with Crippen molar-refractivity contribution in [3.05, 3.63) is 77.3 Å². The zero-order chi connectivity index (χ0) is 21.5. The second kappa shape index (κ2) is 11.2. The SMILES string of the molecule is S=C(Nc1cccc(Cl)c1)N1CC(c2ccccc2)SC1=NC1CCC=CCCCC1. The van der Waals surface area contributed by atoms with Crippen LogP contribution in [-0.4, -0.2) is 27.8 Å². The minimum atomic E-state index is 0.315. The Kier molecular flexibility index (Phi) is 8.06. The monoisotopic (exact) mass is 469 g/mol. The first kappa shape index (κ1) is 22.4. The van der Waals surface area contributed by atoms with Gasteiger partial charge >= 0.3 is 0 Å². The molecule has 1 fully saturated rings. The second-order valence-electron chi connectivity index (χ2n) is 7.97. The maximum Gasteiger partial charge on any atom is 0.179 e. The average Bonchev–Trinajstić information content (AvgIpc) is 3.24. The second-order valence-corrected chi connectivity index (χ2v) is 9.96. The van der Waals surface area contributed by atoms with Crippen LogP contribution in [0.2, 0.25) is 5.02 Å². The molecule has 3 nitrogen and oxygen atoms in total. The zero-order valence-electron chi connectivity index (χ0n) is 17.5. The van der Waals surface area contributed by atoms with E-state index in [-0.39, 0.29) is 0 Å². The predicted octanol–water partition coefficient (Wildman–Crippen LogP) is 7.46. The number of benzene rings is 2. The fourth-order valence-electron chi connectivity index (χ4n) is 3.94. The van der Waals surface area contributed by atoms with E-state index in [4.69, 9.17) is 28.8 Å². The molecule has 2 unspecified atom stereocenters. The first-order valence-electron chi connectivity index (χ1n) is 11.0. The molecule has 2 aliphatic rings.